The van der Waals surface area contributed by atoms with Gasteiger partial charge in [-0.25, -0.2) is 0 Å². The van der Waals surface area contributed by atoms with Gasteiger partial charge in [-0.1, -0.05) is 0 Å². The van der Waals surface area contributed by atoms with Crippen molar-refractivity contribution >= 4 is 11.6 Å². The van der Waals surface area contributed by atoms with Crippen molar-refractivity contribution in [1.29, 1.82) is 5.26 Å². The normalized spacial score (nSPS) is 9.75. The van der Waals surface area contributed by atoms with E-state index in [0.29, 0.717) is 37.8 Å². The molecular formula is C10H15N5O. The summed E-state index contributed by atoms with van der Waals surface area (Å²) in [4.78, 5) is 1.94. The predicted molar refractivity (Wildman–Crippen MR) is 60.8 cm³/mol. The van der Waals surface area contributed by atoms with Gasteiger partial charge in [0.05, 0.1) is 19.1 Å². The van der Waals surface area contributed by atoms with E-state index in [0.717, 1.165) is 0 Å². The van der Waals surface area contributed by atoms with E-state index in [1.807, 2.05) is 4.90 Å². The lowest BCUT2D eigenvalue weighted by Crippen LogP contribution is -2.29. The SMILES string of the molecule is COCCN(CCC#N)c1ccc(N)nn1. The summed E-state index contributed by atoms with van der Waals surface area (Å²) in [6.45, 7) is 1.87. The van der Waals surface area contributed by atoms with Gasteiger partial charge in [0.2, 0.25) is 0 Å². The van der Waals surface area contributed by atoms with Crippen molar-refractivity contribution in [1.82, 2.24) is 10.2 Å². The maximum atomic E-state index is 8.57. The third kappa shape index (κ3) is 3.71. The average Bonchev–Trinajstić information content (AvgIpc) is 2.31. The van der Waals surface area contributed by atoms with Gasteiger partial charge in [0.15, 0.2) is 5.82 Å². The number of hydrogen-bond acceptors (Lipinski definition) is 6. The summed E-state index contributed by atoms with van der Waals surface area (Å²) in [6, 6.07) is 5.58. The van der Waals surface area contributed by atoms with Crippen LogP contribution in [0.1, 0.15) is 6.42 Å². The van der Waals surface area contributed by atoms with Gasteiger partial charge in [0.1, 0.15) is 5.82 Å². The lowest BCUT2D eigenvalue weighted by molar-refractivity contribution is 0.205. The van der Waals surface area contributed by atoms with Gasteiger partial charge >= 0.3 is 0 Å². The first-order valence-corrected chi connectivity index (χ1v) is 4.98. The van der Waals surface area contributed by atoms with Crippen LogP contribution in [0.15, 0.2) is 12.1 Å². The van der Waals surface area contributed by atoms with E-state index in [-0.39, 0.29) is 0 Å². The van der Waals surface area contributed by atoms with Gasteiger partial charge in [-0.05, 0) is 12.1 Å². The molecule has 0 radical (unpaired) electrons. The molecule has 2 N–H and O–H groups in total. The van der Waals surface area contributed by atoms with E-state index in [1.165, 1.54) is 0 Å². The van der Waals surface area contributed by atoms with Crippen LogP contribution in [0.4, 0.5) is 11.6 Å². The zero-order chi connectivity index (χ0) is 11.8. The summed E-state index contributed by atoms with van der Waals surface area (Å²) in [6.07, 6.45) is 0.440. The lowest BCUT2D eigenvalue weighted by atomic mass is 10.3. The molecule has 0 aliphatic heterocycles. The van der Waals surface area contributed by atoms with Crippen molar-refractivity contribution in [2.45, 2.75) is 6.42 Å². The molecule has 6 heteroatoms. The third-order valence-corrected chi connectivity index (χ3v) is 2.05. The Morgan fingerprint density at radius 3 is 2.81 bits per heavy atom. The molecular weight excluding hydrogens is 206 g/mol. The molecule has 0 aliphatic carbocycles. The summed E-state index contributed by atoms with van der Waals surface area (Å²) in [5, 5.41) is 16.3. The molecule has 0 spiro atoms. The average molecular weight is 221 g/mol. The molecule has 86 valence electrons. The van der Waals surface area contributed by atoms with E-state index in [2.05, 4.69) is 16.3 Å². The van der Waals surface area contributed by atoms with Crippen molar-refractivity contribution < 1.29 is 4.74 Å². The van der Waals surface area contributed by atoms with Crippen LogP contribution in [0.2, 0.25) is 0 Å². The topological polar surface area (TPSA) is 88.1 Å². The molecule has 0 aromatic carbocycles. The fourth-order valence-electron chi connectivity index (χ4n) is 1.23. The number of nitrogen functional groups attached to an aromatic ring is 1. The van der Waals surface area contributed by atoms with Crippen LogP contribution >= 0.6 is 0 Å². The quantitative estimate of drug-likeness (QED) is 0.749. The molecule has 0 bridgehead atoms. The minimum Gasteiger partial charge on any atom is -0.383 e. The summed E-state index contributed by atoms with van der Waals surface area (Å²) < 4.78 is 5.00. The standard InChI is InChI=1S/C10H15N5O/c1-16-8-7-15(6-2-5-11)10-4-3-9(12)13-14-10/h3-4H,2,6-8H2,1H3,(H2,12,13). The smallest absolute Gasteiger partial charge is 0.151 e. The Hall–Kier alpha value is -1.87. The number of methoxy groups -OCH3 is 1. The van der Waals surface area contributed by atoms with Crippen molar-refractivity contribution in [3.63, 3.8) is 0 Å². The third-order valence-electron chi connectivity index (χ3n) is 2.05. The van der Waals surface area contributed by atoms with Crippen molar-refractivity contribution in [3.05, 3.63) is 12.1 Å². The molecule has 1 heterocycles. The molecule has 0 saturated carbocycles. The van der Waals surface area contributed by atoms with E-state index >= 15 is 0 Å². The van der Waals surface area contributed by atoms with Gasteiger partial charge in [0, 0.05) is 20.2 Å². The van der Waals surface area contributed by atoms with Crippen molar-refractivity contribution in [2.75, 3.05) is 37.4 Å². The molecule has 0 saturated heterocycles. The first kappa shape index (κ1) is 12.2. The van der Waals surface area contributed by atoms with E-state index < -0.39 is 0 Å². The highest BCUT2D eigenvalue weighted by Crippen LogP contribution is 2.10. The number of nitrogens with two attached hydrogens (primary N) is 1. The molecule has 0 unspecified atom stereocenters. The maximum absolute atomic E-state index is 8.57. The van der Waals surface area contributed by atoms with Gasteiger partial charge in [-0.15, -0.1) is 10.2 Å². The highest BCUT2D eigenvalue weighted by atomic mass is 16.5. The van der Waals surface area contributed by atoms with Gasteiger partial charge < -0.3 is 15.4 Å². The number of hydrogen-bond donors (Lipinski definition) is 1. The molecule has 1 aromatic rings. The summed E-state index contributed by atoms with van der Waals surface area (Å²) in [7, 11) is 1.64. The fraction of sp³-hybridized carbons (Fsp3) is 0.500. The molecule has 0 aliphatic rings. The number of nitrogens with zero attached hydrogens (tertiary/aromatic N) is 4. The van der Waals surface area contributed by atoms with E-state index in [9.17, 15) is 0 Å². The van der Waals surface area contributed by atoms with Crippen LogP contribution < -0.4 is 10.6 Å². The fourth-order valence-corrected chi connectivity index (χ4v) is 1.23. The zero-order valence-electron chi connectivity index (χ0n) is 9.26. The first-order chi connectivity index (χ1) is 7.77. The van der Waals surface area contributed by atoms with Crippen LogP contribution in [-0.2, 0) is 4.74 Å². The van der Waals surface area contributed by atoms with Crippen LogP contribution in [0.25, 0.3) is 0 Å². The van der Waals surface area contributed by atoms with E-state index in [4.69, 9.17) is 15.7 Å². The Morgan fingerprint density at radius 2 is 2.25 bits per heavy atom. The van der Waals surface area contributed by atoms with Crippen LogP contribution in [-0.4, -0.2) is 37.0 Å². The van der Waals surface area contributed by atoms with Crippen molar-refractivity contribution in [2.24, 2.45) is 0 Å². The van der Waals surface area contributed by atoms with Gasteiger partial charge in [0.25, 0.3) is 0 Å². The van der Waals surface area contributed by atoms with Crippen LogP contribution in [0, 0.1) is 11.3 Å². The monoisotopic (exact) mass is 221 g/mol. The van der Waals surface area contributed by atoms with Gasteiger partial charge in [-0.2, -0.15) is 5.26 Å². The number of aromatic nitrogens is 2. The zero-order valence-corrected chi connectivity index (χ0v) is 9.26. The molecule has 1 rings (SSSR count). The van der Waals surface area contributed by atoms with Crippen molar-refractivity contribution in [3.8, 4) is 6.07 Å². The summed E-state index contributed by atoms with van der Waals surface area (Å²) in [5.74, 6) is 1.09. The number of nitriles is 1. The van der Waals surface area contributed by atoms with Crippen LogP contribution in [0.3, 0.4) is 0 Å². The Labute approximate surface area is 94.6 Å². The number of anilines is 2. The highest BCUT2D eigenvalue weighted by Gasteiger charge is 2.07. The van der Waals surface area contributed by atoms with Crippen LogP contribution in [0.5, 0.6) is 0 Å². The molecule has 0 amide bonds. The summed E-state index contributed by atoms with van der Waals surface area (Å²) >= 11 is 0. The number of rotatable bonds is 6. The Morgan fingerprint density at radius 1 is 1.44 bits per heavy atom. The predicted octanol–water partition coefficient (Wildman–Crippen LogP) is 0.425. The maximum Gasteiger partial charge on any atom is 0.151 e. The Balaban J connectivity index is 2.67. The largest absolute Gasteiger partial charge is 0.383 e. The molecule has 1 aromatic heterocycles. The second-order valence-corrected chi connectivity index (χ2v) is 3.20. The molecule has 16 heavy (non-hydrogen) atoms. The van der Waals surface area contributed by atoms with Gasteiger partial charge in [-0.3, -0.25) is 0 Å². The number of ether oxygens (including phenoxy) is 1. The lowest BCUT2D eigenvalue weighted by Gasteiger charge is -2.21. The minimum absolute atomic E-state index is 0.385. The second kappa shape index (κ2) is 6.58. The highest BCUT2D eigenvalue weighted by molar-refractivity contribution is 5.41. The molecule has 0 fully saturated rings. The second-order valence-electron chi connectivity index (χ2n) is 3.20. The van der Waals surface area contributed by atoms with E-state index in [1.54, 1.807) is 19.2 Å². The Bertz CT molecular complexity index is 345. The minimum atomic E-state index is 0.385. The molecule has 6 nitrogen and oxygen atoms in total. The molecule has 0 atom stereocenters. The summed E-state index contributed by atoms with van der Waals surface area (Å²) in [5.41, 5.74) is 5.46. The Kier molecular flexibility index (Phi) is 5.02. The first-order valence-electron chi connectivity index (χ1n) is 4.98.